The lowest BCUT2D eigenvalue weighted by atomic mass is 9.87. The fraction of sp³-hybridized carbons (Fsp3) is 0.385. The topological polar surface area (TPSA) is 80.9 Å². The first-order chi connectivity index (χ1) is 7.86. The molecule has 94 valence electrons. The fourth-order valence-electron chi connectivity index (χ4n) is 1.20. The molecule has 1 atom stereocenters. The molecule has 1 rings (SSSR count). The average Bonchev–Trinajstić information content (AvgIpc) is 2.30. The minimum atomic E-state index is -0.788. The fourth-order valence-corrected chi connectivity index (χ4v) is 1.20. The third kappa shape index (κ3) is 3.47. The van der Waals surface area contributed by atoms with E-state index in [2.05, 4.69) is 0 Å². The van der Waals surface area contributed by atoms with E-state index in [-0.39, 0.29) is 18.1 Å². The van der Waals surface area contributed by atoms with Crippen molar-refractivity contribution in [2.24, 2.45) is 5.41 Å². The van der Waals surface area contributed by atoms with Crippen LogP contribution < -0.4 is 0 Å². The lowest BCUT2D eigenvalue weighted by Gasteiger charge is -2.25. The SMILES string of the molecule is CC(C)(CO)C(O)C=Cc1ccc(O)c(O)c1. The van der Waals surface area contributed by atoms with Crippen LogP contribution in [0.1, 0.15) is 19.4 Å². The number of benzene rings is 1. The predicted octanol–water partition coefficient (Wildman–Crippen LogP) is 1.49. The lowest BCUT2D eigenvalue weighted by Crippen LogP contribution is -2.30. The summed E-state index contributed by atoms with van der Waals surface area (Å²) in [6, 6.07) is 4.38. The van der Waals surface area contributed by atoms with Crippen molar-refractivity contribution < 1.29 is 20.4 Å². The zero-order valence-corrected chi connectivity index (χ0v) is 9.96. The first-order valence-corrected chi connectivity index (χ1v) is 5.36. The van der Waals surface area contributed by atoms with Crippen molar-refractivity contribution in [3.63, 3.8) is 0 Å². The second-order valence-corrected chi connectivity index (χ2v) is 4.70. The standard InChI is InChI=1S/C13H18O4/c1-13(2,8-14)12(17)6-4-9-3-5-10(15)11(16)7-9/h3-7,12,14-17H,8H2,1-2H3. The van der Waals surface area contributed by atoms with Crippen LogP contribution in [0.4, 0.5) is 0 Å². The van der Waals surface area contributed by atoms with Gasteiger partial charge in [0.05, 0.1) is 12.7 Å². The molecule has 4 heteroatoms. The van der Waals surface area contributed by atoms with Gasteiger partial charge in [-0.1, -0.05) is 32.1 Å². The zero-order valence-electron chi connectivity index (χ0n) is 9.96. The second-order valence-electron chi connectivity index (χ2n) is 4.70. The van der Waals surface area contributed by atoms with Crippen LogP contribution in [-0.2, 0) is 0 Å². The summed E-state index contributed by atoms with van der Waals surface area (Å²) >= 11 is 0. The van der Waals surface area contributed by atoms with E-state index in [9.17, 15) is 10.2 Å². The molecule has 0 aliphatic rings. The Morgan fingerprint density at radius 1 is 1.24 bits per heavy atom. The molecular formula is C13H18O4. The molecule has 4 nitrogen and oxygen atoms in total. The Bertz CT molecular complexity index is 410. The third-order valence-corrected chi connectivity index (χ3v) is 2.68. The predicted molar refractivity (Wildman–Crippen MR) is 65.7 cm³/mol. The molecule has 0 fully saturated rings. The molecule has 1 aromatic rings. The van der Waals surface area contributed by atoms with Gasteiger partial charge in [0.25, 0.3) is 0 Å². The Hall–Kier alpha value is -1.52. The van der Waals surface area contributed by atoms with E-state index < -0.39 is 11.5 Å². The van der Waals surface area contributed by atoms with Gasteiger partial charge in [0.2, 0.25) is 0 Å². The monoisotopic (exact) mass is 238 g/mol. The first-order valence-electron chi connectivity index (χ1n) is 5.36. The summed E-state index contributed by atoms with van der Waals surface area (Å²) in [5.74, 6) is -0.388. The van der Waals surface area contributed by atoms with Crippen LogP contribution in [0.3, 0.4) is 0 Å². The van der Waals surface area contributed by atoms with Gasteiger partial charge in [0, 0.05) is 5.41 Å². The van der Waals surface area contributed by atoms with Gasteiger partial charge >= 0.3 is 0 Å². The zero-order chi connectivity index (χ0) is 13.1. The summed E-state index contributed by atoms with van der Waals surface area (Å²) in [4.78, 5) is 0. The molecule has 0 aliphatic heterocycles. The highest BCUT2D eigenvalue weighted by atomic mass is 16.3. The van der Waals surface area contributed by atoms with Gasteiger partial charge in [0.1, 0.15) is 0 Å². The van der Waals surface area contributed by atoms with Gasteiger partial charge < -0.3 is 20.4 Å². The minimum Gasteiger partial charge on any atom is -0.504 e. The highest BCUT2D eigenvalue weighted by molar-refractivity contribution is 5.55. The van der Waals surface area contributed by atoms with Crippen LogP contribution in [0.15, 0.2) is 24.3 Å². The Labute approximate surface area is 100 Å². The molecule has 1 aromatic carbocycles. The molecule has 0 radical (unpaired) electrons. The van der Waals surface area contributed by atoms with E-state index in [1.54, 1.807) is 32.1 Å². The van der Waals surface area contributed by atoms with E-state index in [1.807, 2.05) is 0 Å². The van der Waals surface area contributed by atoms with E-state index in [1.165, 1.54) is 12.1 Å². The molecule has 0 aromatic heterocycles. The van der Waals surface area contributed by atoms with E-state index in [0.717, 1.165) is 0 Å². The van der Waals surface area contributed by atoms with Crippen LogP contribution in [0.25, 0.3) is 6.08 Å². The molecule has 1 unspecified atom stereocenters. The normalized spacial score (nSPS) is 14.1. The number of phenols is 2. The molecule has 0 aliphatic carbocycles. The molecule has 0 heterocycles. The summed E-state index contributed by atoms with van der Waals surface area (Å²) in [6.45, 7) is 3.37. The van der Waals surface area contributed by atoms with Crippen molar-refractivity contribution in [2.45, 2.75) is 20.0 Å². The number of hydrogen-bond acceptors (Lipinski definition) is 4. The van der Waals surface area contributed by atoms with E-state index in [0.29, 0.717) is 5.56 Å². The van der Waals surface area contributed by atoms with Crippen LogP contribution in [0.5, 0.6) is 11.5 Å². The van der Waals surface area contributed by atoms with Crippen molar-refractivity contribution >= 4 is 6.08 Å². The number of aromatic hydroxyl groups is 2. The Morgan fingerprint density at radius 2 is 1.88 bits per heavy atom. The number of hydrogen-bond donors (Lipinski definition) is 4. The van der Waals surface area contributed by atoms with Gasteiger partial charge in [-0.2, -0.15) is 0 Å². The maximum Gasteiger partial charge on any atom is 0.157 e. The second kappa shape index (κ2) is 5.21. The van der Waals surface area contributed by atoms with E-state index in [4.69, 9.17) is 10.2 Å². The molecule has 0 saturated carbocycles. The van der Waals surface area contributed by atoms with Crippen molar-refractivity contribution in [2.75, 3.05) is 6.61 Å². The van der Waals surface area contributed by atoms with Crippen LogP contribution in [-0.4, -0.2) is 33.1 Å². The van der Waals surface area contributed by atoms with Crippen molar-refractivity contribution in [3.8, 4) is 11.5 Å². The average molecular weight is 238 g/mol. The summed E-state index contributed by atoms with van der Waals surface area (Å²) < 4.78 is 0. The number of rotatable bonds is 4. The van der Waals surface area contributed by atoms with Crippen molar-refractivity contribution in [1.29, 1.82) is 0 Å². The van der Waals surface area contributed by atoms with Gasteiger partial charge in [-0.05, 0) is 17.7 Å². The minimum absolute atomic E-state index is 0.126. The molecular weight excluding hydrogens is 220 g/mol. The Kier molecular flexibility index (Phi) is 4.15. The smallest absolute Gasteiger partial charge is 0.157 e. The summed E-state index contributed by atoms with van der Waals surface area (Å²) in [7, 11) is 0. The third-order valence-electron chi connectivity index (χ3n) is 2.68. The summed E-state index contributed by atoms with van der Waals surface area (Å²) in [5.41, 5.74) is 0.0447. The van der Waals surface area contributed by atoms with Gasteiger partial charge in [0.15, 0.2) is 11.5 Å². The Balaban J connectivity index is 2.80. The highest BCUT2D eigenvalue weighted by Gasteiger charge is 2.24. The highest BCUT2D eigenvalue weighted by Crippen LogP contribution is 2.26. The van der Waals surface area contributed by atoms with Crippen LogP contribution in [0.2, 0.25) is 0 Å². The van der Waals surface area contributed by atoms with Gasteiger partial charge in [-0.25, -0.2) is 0 Å². The lowest BCUT2D eigenvalue weighted by molar-refractivity contribution is 0.0387. The summed E-state index contributed by atoms with van der Waals surface area (Å²) in [6.07, 6.45) is 2.38. The molecule has 0 saturated heterocycles. The van der Waals surface area contributed by atoms with Crippen LogP contribution in [0, 0.1) is 5.41 Å². The molecule has 0 bridgehead atoms. The van der Waals surface area contributed by atoms with Crippen molar-refractivity contribution in [3.05, 3.63) is 29.8 Å². The number of aliphatic hydroxyl groups excluding tert-OH is 2. The molecule has 4 N–H and O–H groups in total. The first kappa shape index (κ1) is 13.5. The maximum atomic E-state index is 9.80. The quantitative estimate of drug-likeness (QED) is 0.599. The number of phenolic OH excluding ortho intramolecular Hbond substituents is 2. The van der Waals surface area contributed by atoms with Gasteiger partial charge in [-0.3, -0.25) is 0 Å². The molecule has 17 heavy (non-hydrogen) atoms. The maximum absolute atomic E-state index is 9.80. The Morgan fingerprint density at radius 3 is 2.41 bits per heavy atom. The molecule has 0 amide bonds. The van der Waals surface area contributed by atoms with Gasteiger partial charge in [-0.15, -0.1) is 0 Å². The summed E-state index contributed by atoms with van der Waals surface area (Å²) in [5, 5.41) is 37.3. The number of aliphatic hydroxyl groups is 2. The van der Waals surface area contributed by atoms with Crippen molar-refractivity contribution in [1.82, 2.24) is 0 Å². The molecule has 0 spiro atoms. The van der Waals surface area contributed by atoms with E-state index >= 15 is 0 Å². The van der Waals surface area contributed by atoms with Crippen LogP contribution >= 0.6 is 0 Å². The largest absolute Gasteiger partial charge is 0.504 e.